The number of carbonyl (C=O) groups is 1. The second-order valence-corrected chi connectivity index (χ2v) is 10.5. The lowest BCUT2D eigenvalue weighted by molar-refractivity contribution is 0.0240. The third kappa shape index (κ3) is 4.65. The van der Waals surface area contributed by atoms with Crippen LogP contribution in [0.3, 0.4) is 0 Å². The first-order valence-corrected chi connectivity index (χ1v) is 12.9. The normalized spacial score (nSPS) is 14.3. The van der Waals surface area contributed by atoms with E-state index in [-0.39, 0.29) is 6.09 Å². The monoisotopic (exact) mass is 506 g/mol. The number of benzene rings is 2. The summed E-state index contributed by atoms with van der Waals surface area (Å²) in [6, 6.07) is 18.6. The van der Waals surface area contributed by atoms with E-state index in [9.17, 15) is 4.79 Å². The molecule has 0 N–H and O–H groups in total. The summed E-state index contributed by atoms with van der Waals surface area (Å²) in [6.07, 6.45) is 7.35. The molecule has 1 amide bonds. The molecule has 0 bridgehead atoms. The molecule has 8 heteroatoms. The second kappa shape index (κ2) is 9.45. The summed E-state index contributed by atoms with van der Waals surface area (Å²) in [7, 11) is 0. The summed E-state index contributed by atoms with van der Waals surface area (Å²) >= 11 is 0. The van der Waals surface area contributed by atoms with Gasteiger partial charge in [0.15, 0.2) is 5.65 Å². The van der Waals surface area contributed by atoms with Gasteiger partial charge in [0.05, 0.1) is 11.7 Å². The largest absolute Gasteiger partial charge is 0.444 e. The summed E-state index contributed by atoms with van der Waals surface area (Å²) in [6.45, 7) is 8.51. The van der Waals surface area contributed by atoms with E-state index in [2.05, 4.69) is 51.4 Å². The number of ether oxygens (including phenoxy) is 1. The number of amides is 1. The highest BCUT2D eigenvalue weighted by Gasteiger charge is 2.26. The van der Waals surface area contributed by atoms with E-state index in [4.69, 9.17) is 9.72 Å². The van der Waals surface area contributed by atoms with Gasteiger partial charge in [0, 0.05) is 67.0 Å². The molecule has 0 radical (unpaired) electrons. The maximum atomic E-state index is 12.4. The van der Waals surface area contributed by atoms with Crippen LogP contribution in [0.25, 0.3) is 38.8 Å². The van der Waals surface area contributed by atoms with Gasteiger partial charge in [-0.05, 0) is 56.2 Å². The van der Waals surface area contributed by atoms with E-state index in [1.54, 1.807) is 4.90 Å². The minimum Gasteiger partial charge on any atom is -0.444 e. The van der Waals surface area contributed by atoms with Crippen molar-refractivity contribution in [2.24, 2.45) is 0 Å². The SMILES string of the molecule is CC(C)(C)OC(=O)N1CCN(c2ccc(-c3cnc4c(-c5cccc6ncccc56)cnn4c3)cc2)CC1. The van der Waals surface area contributed by atoms with Gasteiger partial charge in [-0.2, -0.15) is 5.10 Å². The number of aromatic nitrogens is 4. The fourth-order valence-corrected chi connectivity index (χ4v) is 4.89. The third-order valence-corrected chi connectivity index (χ3v) is 6.79. The van der Waals surface area contributed by atoms with Gasteiger partial charge in [-0.1, -0.05) is 30.3 Å². The molecule has 1 fully saturated rings. The van der Waals surface area contributed by atoms with Crippen molar-refractivity contribution in [2.45, 2.75) is 26.4 Å². The lowest BCUT2D eigenvalue weighted by Crippen LogP contribution is -2.50. The van der Waals surface area contributed by atoms with Crippen LogP contribution in [0.2, 0.25) is 0 Å². The summed E-state index contributed by atoms with van der Waals surface area (Å²) in [5, 5.41) is 5.69. The molecule has 0 atom stereocenters. The smallest absolute Gasteiger partial charge is 0.410 e. The molecule has 5 aromatic rings. The highest BCUT2D eigenvalue weighted by Crippen LogP contribution is 2.31. The Morgan fingerprint density at radius 1 is 0.842 bits per heavy atom. The van der Waals surface area contributed by atoms with Gasteiger partial charge in [-0.15, -0.1) is 0 Å². The molecule has 2 aromatic carbocycles. The van der Waals surface area contributed by atoms with E-state index in [0.29, 0.717) is 13.1 Å². The average molecular weight is 507 g/mol. The molecule has 1 saturated heterocycles. The molecule has 38 heavy (non-hydrogen) atoms. The van der Waals surface area contributed by atoms with Gasteiger partial charge in [0.25, 0.3) is 0 Å². The molecule has 192 valence electrons. The van der Waals surface area contributed by atoms with E-state index < -0.39 is 5.60 Å². The molecule has 0 spiro atoms. The number of nitrogens with zero attached hydrogens (tertiary/aromatic N) is 6. The van der Waals surface area contributed by atoms with Gasteiger partial charge in [0.2, 0.25) is 0 Å². The number of rotatable bonds is 3. The van der Waals surface area contributed by atoms with Crippen molar-refractivity contribution < 1.29 is 9.53 Å². The fraction of sp³-hybridized carbons (Fsp3) is 0.267. The molecule has 1 aliphatic heterocycles. The summed E-state index contributed by atoms with van der Waals surface area (Å²) in [5.74, 6) is 0. The van der Waals surface area contributed by atoms with Crippen LogP contribution in [-0.2, 0) is 4.74 Å². The highest BCUT2D eigenvalue weighted by molar-refractivity contribution is 5.97. The van der Waals surface area contributed by atoms with Gasteiger partial charge < -0.3 is 14.5 Å². The minimum atomic E-state index is -0.479. The number of carbonyl (C=O) groups excluding carboxylic acids is 1. The highest BCUT2D eigenvalue weighted by atomic mass is 16.6. The zero-order valence-electron chi connectivity index (χ0n) is 21.8. The number of anilines is 1. The average Bonchev–Trinajstić information content (AvgIpc) is 3.35. The first-order chi connectivity index (χ1) is 18.4. The topological polar surface area (TPSA) is 75.9 Å². The van der Waals surface area contributed by atoms with Gasteiger partial charge in [-0.25, -0.2) is 14.3 Å². The van der Waals surface area contributed by atoms with Crippen LogP contribution in [0.5, 0.6) is 0 Å². The molecule has 8 nitrogen and oxygen atoms in total. The summed E-state index contributed by atoms with van der Waals surface area (Å²) < 4.78 is 7.35. The van der Waals surface area contributed by atoms with Crippen LogP contribution in [0, 0.1) is 0 Å². The van der Waals surface area contributed by atoms with Crippen molar-refractivity contribution in [3.63, 3.8) is 0 Å². The van der Waals surface area contributed by atoms with Crippen LogP contribution in [0.1, 0.15) is 20.8 Å². The molecular formula is C30H30N6O2. The van der Waals surface area contributed by atoms with Crippen molar-refractivity contribution >= 4 is 28.3 Å². The predicted molar refractivity (Wildman–Crippen MR) is 149 cm³/mol. The Bertz CT molecular complexity index is 1610. The Labute approximate surface area is 221 Å². The second-order valence-electron chi connectivity index (χ2n) is 10.5. The number of fused-ring (bicyclic) bond motifs is 2. The summed E-state index contributed by atoms with van der Waals surface area (Å²) in [4.78, 5) is 25.7. The molecule has 3 aromatic heterocycles. The molecule has 0 saturated carbocycles. The van der Waals surface area contributed by atoms with Crippen LogP contribution in [0.15, 0.2) is 79.4 Å². The lowest BCUT2D eigenvalue weighted by atomic mass is 10.0. The maximum Gasteiger partial charge on any atom is 0.410 e. The zero-order valence-corrected chi connectivity index (χ0v) is 21.8. The molecule has 0 unspecified atom stereocenters. The van der Waals surface area contributed by atoms with Crippen LogP contribution in [0.4, 0.5) is 10.5 Å². The number of hydrogen-bond donors (Lipinski definition) is 0. The molecule has 4 heterocycles. The minimum absolute atomic E-state index is 0.241. The van der Waals surface area contributed by atoms with E-state index in [1.807, 2.05) is 68.3 Å². The molecule has 6 rings (SSSR count). The fourth-order valence-electron chi connectivity index (χ4n) is 4.89. The van der Waals surface area contributed by atoms with Gasteiger partial charge in [0.1, 0.15) is 5.60 Å². The van der Waals surface area contributed by atoms with Crippen molar-refractivity contribution in [3.05, 3.63) is 79.4 Å². The molecule has 0 aliphatic carbocycles. The van der Waals surface area contributed by atoms with Crippen molar-refractivity contribution in [3.8, 4) is 22.3 Å². The predicted octanol–water partition coefficient (Wildman–Crippen LogP) is 5.67. The van der Waals surface area contributed by atoms with Gasteiger partial charge >= 0.3 is 6.09 Å². The Morgan fingerprint density at radius 2 is 1.63 bits per heavy atom. The van der Waals surface area contributed by atoms with Crippen molar-refractivity contribution in [1.82, 2.24) is 24.5 Å². The van der Waals surface area contributed by atoms with Gasteiger partial charge in [-0.3, -0.25) is 4.98 Å². The molecule has 1 aliphatic rings. The van der Waals surface area contributed by atoms with Crippen molar-refractivity contribution in [1.29, 1.82) is 0 Å². The van der Waals surface area contributed by atoms with E-state index in [0.717, 1.165) is 57.6 Å². The third-order valence-electron chi connectivity index (χ3n) is 6.79. The number of pyridine rings is 1. The molecular weight excluding hydrogens is 476 g/mol. The maximum absolute atomic E-state index is 12.4. The van der Waals surface area contributed by atoms with Crippen LogP contribution >= 0.6 is 0 Å². The lowest BCUT2D eigenvalue weighted by Gasteiger charge is -2.36. The summed E-state index contributed by atoms with van der Waals surface area (Å²) in [5.41, 5.74) is 6.54. The zero-order chi connectivity index (χ0) is 26.3. The first kappa shape index (κ1) is 23.9. The van der Waals surface area contributed by atoms with Crippen LogP contribution < -0.4 is 4.90 Å². The van der Waals surface area contributed by atoms with E-state index in [1.165, 1.54) is 0 Å². The Balaban J connectivity index is 1.18. The Kier molecular flexibility index (Phi) is 5.94. The van der Waals surface area contributed by atoms with E-state index >= 15 is 0 Å². The van der Waals surface area contributed by atoms with Crippen molar-refractivity contribution in [2.75, 3.05) is 31.1 Å². The Morgan fingerprint density at radius 3 is 2.39 bits per heavy atom. The number of hydrogen-bond acceptors (Lipinski definition) is 6. The quantitative estimate of drug-likeness (QED) is 0.314. The first-order valence-electron chi connectivity index (χ1n) is 12.9. The number of piperazine rings is 1. The van der Waals surface area contributed by atoms with Crippen LogP contribution in [-0.4, -0.2) is 62.4 Å². The standard InChI is InChI=1S/C30H30N6O2/c1-30(2,3)38-29(37)35-16-14-34(15-17-35)23-11-9-21(10-12-23)22-18-32-28-26(19-33-36(28)20-22)24-6-4-8-27-25(24)7-5-13-31-27/h4-13,18-20H,14-17H2,1-3H3. The Hall–Kier alpha value is -4.46.